The average Bonchev–Trinajstić information content (AvgIpc) is 2.67. The van der Waals surface area contributed by atoms with Gasteiger partial charge in [0.25, 0.3) is 0 Å². The van der Waals surface area contributed by atoms with Gasteiger partial charge in [0.05, 0.1) is 11.6 Å². The van der Waals surface area contributed by atoms with E-state index in [2.05, 4.69) is 0 Å². The average molecular weight is 269 g/mol. The molecule has 3 nitrogen and oxygen atoms in total. The molecule has 2 aromatic rings. The predicted molar refractivity (Wildman–Crippen MR) is 69.5 cm³/mol. The summed E-state index contributed by atoms with van der Waals surface area (Å²) in [6.45, 7) is 3.06. The van der Waals surface area contributed by atoms with Crippen LogP contribution in [0.1, 0.15) is 18.9 Å². The van der Waals surface area contributed by atoms with Crippen LogP contribution in [0.2, 0.25) is 5.02 Å². The molecule has 2 rings (SSSR count). The molecule has 5 heteroatoms. The van der Waals surface area contributed by atoms with Crippen LogP contribution < -0.4 is 5.69 Å². The topological polar surface area (TPSA) is 26.9 Å². The van der Waals surface area contributed by atoms with Crippen LogP contribution in [0, 0.1) is 5.82 Å². The van der Waals surface area contributed by atoms with Gasteiger partial charge in [0.1, 0.15) is 5.82 Å². The highest BCUT2D eigenvalue weighted by Crippen LogP contribution is 2.15. The number of aryl methyl sites for hydroxylation is 1. The molecule has 0 N–H and O–H groups in total. The van der Waals surface area contributed by atoms with Crippen molar-refractivity contribution >= 4 is 11.6 Å². The maximum Gasteiger partial charge on any atom is 0.328 e. The monoisotopic (exact) mass is 268 g/mol. The minimum atomic E-state index is -0.463. The Hall–Kier alpha value is -1.55. The van der Waals surface area contributed by atoms with Crippen LogP contribution in [-0.2, 0) is 13.1 Å². The third kappa shape index (κ3) is 2.64. The summed E-state index contributed by atoms with van der Waals surface area (Å²) in [4.78, 5) is 11.9. The van der Waals surface area contributed by atoms with E-state index in [4.69, 9.17) is 11.6 Å². The van der Waals surface area contributed by atoms with Crippen molar-refractivity contribution in [2.75, 3.05) is 0 Å². The number of hydrogen-bond donors (Lipinski definition) is 0. The van der Waals surface area contributed by atoms with Crippen molar-refractivity contribution < 1.29 is 4.39 Å². The third-order valence-corrected chi connectivity index (χ3v) is 3.03. The van der Waals surface area contributed by atoms with Crippen molar-refractivity contribution in [1.29, 1.82) is 0 Å². The van der Waals surface area contributed by atoms with Gasteiger partial charge in [0.2, 0.25) is 0 Å². The number of rotatable bonds is 4. The van der Waals surface area contributed by atoms with Crippen LogP contribution >= 0.6 is 11.6 Å². The van der Waals surface area contributed by atoms with E-state index >= 15 is 0 Å². The van der Waals surface area contributed by atoms with E-state index in [0.29, 0.717) is 18.7 Å². The summed E-state index contributed by atoms with van der Waals surface area (Å²) in [6, 6.07) is 4.57. The lowest BCUT2D eigenvalue weighted by Gasteiger charge is -2.03. The molecule has 0 aliphatic heterocycles. The van der Waals surface area contributed by atoms with E-state index in [-0.39, 0.29) is 10.7 Å². The highest BCUT2D eigenvalue weighted by atomic mass is 35.5. The van der Waals surface area contributed by atoms with E-state index in [1.807, 2.05) is 6.92 Å². The van der Waals surface area contributed by atoms with Gasteiger partial charge < -0.3 is 0 Å². The molecule has 96 valence electrons. The summed E-state index contributed by atoms with van der Waals surface area (Å²) in [7, 11) is 0. The summed E-state index contributed by atoms with van der Waals surface area (Å²) in [5.41, 5.74) is 0.639. The Morgan fingerprint density at radius 1 is 1.28 bits per heavy atom. The minimum Gasteiger partial charge on any atom is -0.299 e. The Morgan fingerprint density at radius 3 is 2.67 bits per heavy atom. The predicted octanol–water partition coefficient (Wildman–Crippen LogP) is 2.90. The van der Waals surface area contributed by atoms with E-state index in [1.54, 1.807) is 27.6 Å². The maximum atomic E-state index is 13.3. The Balaban J connectivity index is 2.23. The molecule has 0 fully saturated rings. The highest BCUT2D eigenvalue weighted by molar-refractivity contribution is 6.30. The Morgan fingerprint density at radius 2 is 2.00 bits per heavy atom. The van der Waals surface area contributed by atoms with Crippen molar-refractivity contribution in [3.05, 3.63) is 57.5 Å². The molecular formula is C13H14ClFN2O. The largest absolute Gasteiger partial charge is 0.328 e. The smallest absolute Gasteiger partial charge is 0.299 e. The molecule has 0 aliphatic rings. The van der Waals surface area contributed by atoms with Gasteiger partial charge in [-0.15, -0.1) is 0 Å². The first kappa shape index (κ1) is 12.9. The molecule has 1 heterocycles. The van der Waals surface area contributed by atoms with Crippen molar-refractivity contribution in [2.45, 2.75) is 26.4 Å². The molecule has 0 saturated carbocycles. The van der Waals surface area contributed by atoms with E-state index < -0.39 is 5.82 Å². The standard InChI is InChI=1S/C13H14ClFN2O/c1-2-5-16-6-7-17(13(16)18)9-10-3-4-11(14)12(15)8-10/h3-4,6-8H,2,5,9H2,1H3. The zero-order chi connectivity index (χ0) is 13.1. The van der Waals surface area contributed by atoms with Crippen molar-refractivity contribution in [3.8, 4) is 0 Å². The van der Waals surface area contributed by atoms with Gasteiger partial charge in [0.15, 0.2) is 0 Å². The van der Waals surface area contributed by atoms with Crippen molar-refractivity contribution in [2.24, 2.45) is 0 Å². The summed E-state index contributed by atoms with van der Waals surface area (Å²) < 4.78 is 16.5. The van der Waals surface area contributed by atoms with Gasteiger partial charge >= 0.3 is 5.69 Å². The first-order chi connectivity index (χ1) is 8.61. The summed E-state index contributed by atoms with van der Waals surface area (Å²) in [6.07, 6.45) is 4.36. The molecule has 0 radical (unpaired) electrons. The van der Waals surface area contributed by atoms with Crippen LogP contribution in [0.4, 0.5) is 4.39 Å². The second-order valence-electron chi connectivity index (χ2n) is 4.15. The lowest BCUT2D eigenvalue weighted by Crippen LogP contribution is -2.24. The lowest BCUT2D eigenvalue weighted by atomic mass is 10.2. The van der Waals surface area contributed by atoms with E-state index in [1.165, 1.54) is 12.1 Å². The summed E-state index contributed by atoms with van der Waals surface area (Å²) in [5.74, 6) is -0.463. The van der Waals surface area contributed by atoms with Crippen LogP contribution in [-0.4, -0.2) is 9.13 Å². The fourth-order valence-electron chi connectivity index (χ4n) is 1.82. The molecule has 0 aliphatic carbocycles. The van der Waals surface area contributed by atoms with E-state index in [9.17, 15) is 9.18 Å². The van der Waals surface area contributed by atoms with Gasteiger partial charge in [-0.25, -0.2) is 9.18 Å². The number of benzene rings is 1. The number of halogens is 2. The SMILES string of the molecule is CCCn1ccn(Cc2ccc(Cl)c(F)c2)c1=O. The second-order valence-corrected chi connectivity index (χ2v) is 4.56. The first-order valence-electron chi connectivity index (χ1n) is 5.81. The fourth-order valence-corrected chi connectivity index (χ4v) is 1.94. The molecule has 0 bridgehead atoms. The van der Waals surface area contributed by atoms with Crippen molar-refractivity contribution in [1.82, 2.24) is 9.13 Å². The van der Waals surface area contributed by atoms with Gasteiger partial charge in [-0.3, -0.25) is 9.13 Å². The Labute approximate surface area is 109 Å². The van der Waals surface area contributed by atoms with Crippen LogP contribution in [0.15, 0.2) is 35.4 Å². The molecule has 0 amide bonds. The fraction of sp³-hybridized carbons (Fsp3) is 0.308. The molecular weight excluding hydrogens is 255 g/mol. The van der Waals surface area contributed by atoms with Crippen LogP contribution in [0.25, 0.3) is 0 Å². The molecule has 0 saturated heterocycles. The number of hydrogen-bond acceptors (Lipinski definition) is 1. The highest BCUT2D eigenvalue weighted by Gasteiger charge is 2.05. The zero-order valence-electron chi connectivity index (χ0n) is 10.1. The van der Waals surface area contributed by atoms with Gasteiger partial charge in [-0.05, 0) is 24.1 Å². The third-order valence-electron chi connectivity index (χ3n) is 2.72. The number of nitrogens with zero attached hydrogens (tertiary/aromatic N) is 2. The first-order valence-corrected chi connectivity index (χ1v) is 6.19. The summed E-state index contributed by atoms with van der Waals surface area (Å²) >= 11 is 5.61. The quantitative estimate of drug-likeness (QED) is 0.838. The molecule has 0 spiro atoms. The van der Waals surface area contributed by atoms with Gasteiger partial charge in [0, 0.05) is 18.9 Å². The number of aromatic nitrogens is 2. The zero-order valence-corrected chi connectivity index (χ0v) is 10.8. The van der Waals surface area contributed by atoms with Gasteiger partial charge in [-0.1, -0.05) is 24.6 Å². The summed E-state index contributed by atoms with van der Waals surface area (Å²) in [5, 5.41) is 0.0923. The van der Waals surface area contributed by atoms with Crippen molar-refractivity contribution in [3.63, 3.8) is 0 Å². The molecule has 0 unspecified atom stereocenters. The second kappa shape index (κ2) is 5.40. The maximum absolute atomic E-state index is 13.3. The van der Waals surface area contributed by atoms with Gasteiger partial charge in [-0.2, -0.15) is 0 Å². The minimum absolute atomic E-state index is 0.0767. The van der Waals surface area contributed by atoms with Crippen LogP contribution in [0.5, 0.6) is 0 Å². The lowest BCUT2D eigenvalue weighted by molar-refractivity contribution is 0.613. The Kier molecular flexibility index (Phi) is 3.87. The number of imidazole rings is 1. The molecule has 1 aromatic carbocycles. The Bertz CT molecular complexity index is 603. The molecule has 18 heavy (non-hydrogen) atoms. The molecule has 1 aromatic heterocycles. The molecule has 0 atom stereocenters. The van der Waals surface area contributed by atoms with E-state index in [0.717, 1.165) is 6.42 Å². The normalized spacial score (nSPS) is 10.8. The van der Waals surface area contributed by atoms with Crippen LogP contribution in [0.3, 0.4) is 0 Å².